The van der Waals surface area contributed by atoms with Gasteiger partial charge in [-0.2, -0.15) is 0 Å². The number of hydrogen-bond acceptors (Lipinski definition) is 3. The fourth-order valence-electron chi connectivity index (χ4n) is 3.59. The molecule has 2 aromatic rings. The monoisotopic (exact) mass is 339 g/mol. The predicted octanol–water partition coefficient (Wildman–Crippen LogP) is 3.62. The maximum Gasteiger partial charge on any atom is 0.328 e. The highest BCUT2D eigenvalue weighted by molar-refractivity contribution is 5.86. The molecule has 0 aliphatic heterocycles. The minimum absolute atomic E-state index is 0.0177. The summed E-state index contributed by atoms with van der Waals surface area (Å²) in [4.78, 5) is 24.7. The van der Waals surface area contributed by atoms with Gasteiger partial charge in [-0.3, -0.25) is 4.79 Å². The average Bonchev–Trinajstić information content (AvgIpc) is 2.67. The molecule has 0 saturated heterocycles. The summed E-state index contributed by atoms with van der Waals surface area (Å²) < 4.78 is 4.91. The standard InChI is InChI=1S/C21H25NO3/c1-25-21(24)19(22-20(23)17-8-3-2-4-9-17)14-15-11-12-16-7-5-6-10-18(16)13-15/h5-7,10-13,17,19H,2-4,8-9,14H2,1H3,(H,22,23)/t19-/m0/s1. The minimum atomic E-state index is -0.638. The third-order valence-corrected chi connectivity index (χ3v) is 5.03. The molecule has 1 aliphatic rings. The number of methoxy groups -OCH3 is 1. The van der Waals surface area contributed by atoms with E-state index in [2.05, 4.69) is 17.4 Å². The number of ether oxygens (including phenoxy) is 1. The normalized spacial score (nSPS) is 16.4. The Morgan fingerprint density at radius 2 is 1.80 bits per heavy atom. The molecule has 1 N–H and O–H groups in total. The molecule has 0 radical (unpaired) electrons. The Morgan fingerprint density at radius 1 is 1.08 bits per heavy atom. The van der Waals surface area contributed by atoms with Crippen LogP contribution >= 0.6 is 0 Å². The molecule has 0 unspecified atom stereocenters. The van der Waals surface area contributed by atoms with Crippen molar-refractivity contribution in [3.05, 3.63) is 48.0 Å². The molecule has 4 nitrogen and oxygen atoms in total. The van der Waals surface area contributed by atoms with Crippen LogP contribution in [0.4, 0.5) is 0 Å². The molecule has 0 spiro atoms. The number of amides is 1. The number of carbonyl (C=O) groups excluding carboxylic acids is 2. The van der Waals surface area contributed by atoms with E-state index in [1.807, 2.05) is 30.3 Å². The van der Waals surface area contributed by atoms with E-state index in [9.17, 15) is 9.59 Å². The molecule has 0 heterocycles. The molecule has 2 aromatic carbocycles. The molecular weight excluding hydrogens is 314 g/mol. The number of fused-ring (bicyclic) bond motifs is 1. The van der Waals surface area contributed by atoms with Crippen molar-refractivity contribution in [2.45, 2.75) is 44.6 Å². The molecule has 3 rings (SSSR count). The molecule has 1 amide bonds. The second-order valence-corrected chi connectivity index (χ2v) is 6.80. The first kappa shape index (κ1) is 17.5. The van der Waals surface area contributed by atoms with E-state index in [0.717, 1.165) is 42.0 Å². The molecule has 132 valence electrons. The van der Waals surface area contributed by atoms with Gasteiger partial charge < -0.3 is 10.1 Å². The zero-order chi connectivity index (χ0) is 17.6. The topological polar surface area (TPSA) is 55.4 Å². The van der Waals surface area contributed by atoms with Crippen LogP contribution < -0.4 is 5.32 Å². The molecule has 0 bridgehead atoms. The lowest BCUT2D eigenvalue weighted by atomic mass is 9.88. The van der Waals surface area contributed by atoms with Crippen molar-refractivity contribution in [1.29, 1.82) is 0 Å². The lowest BCUT2D eigenvalue weighted by molar-refractivity contribution is -0.145. The van der Waals surface area contributed by atoms with Gasteiger partial charge in [0.05, 0.1) is 7.11 Å². The third kappa shape index (κ3) is 4.38. The summed E-state index contributed by atoms with van der Waals surface area (Å²) in [6, 6.07) is 13.6. The van der Waals surface area contributed by atoms with Gasteiger partial charge in [0.1, 0.15) is 6.04 Å². The smallest absolute Gasteiger partial charge is 0.328 e. The summed E-state index contributed by atoms with van der Waals surface area (Å²) in [6.07, 6.45) is 5.64. The maximum atomic E-state index is 12.5. The largest absolute Gasteiger partial charge is 0.467 e. The van der Waals surface area contributed by atoms with Crippen LogP contribution in [-0.2, 0) is 20.7 Å². The van der Waals surface area contributed by atoms with Gasteiger partial charge in [-0.05, 0) is 29.2 Å². The van der Waals surface area contributed by atoms with Gasteiger partial charge in [0.15, 0.2) is 0 Å². The van der Waals surface area contributed by atoms with Gasteiger partial charge in [0.25, 0.3) is 0 Å². The van der Waals surface area contributed by atoms with Crippen LogP contribution in [0.5, 0.6) is 0 Å². The number of hydrogen-bond donors (Lipinski definition) is 1. The summed E-state index contributed by atoms with van der Waals surface area (Å²) in [7, 11) is 1.36. The van der Waals surface area contributed by atoms with Crippen LogP contribution in [0, 0.1) is 5.92 Å². The van der Waals surface area contributed by atoms with Crippen molar-refractivity contribution in [3.8, 4) is 0 Å². The first-order valence-corrected chi connectivity index (χ1v) is 9.03. The minimum Gasteiger partial charge on any atom is -0.467 e. The maximum absolute atomic E-state index is 12.5. The average molecular weight is 339 g/mol. The van der Waals surface area contributed by atoms with E-state index in [4.69, 9.17) is 4.74 Å². The van der Waals surface area contributed by atoms with Crippen LogP contribution in [0.1, 0.15) is 37.7 Å². The van der Waals surface area contributed by atoms with E-state index >= 15 is 0 Å². The first-order chi connectivity index (χ1) is 12.2. The summed E-state index contributed by atoms with van der Waals surface area (Å²) >= 11 is 0. The number of benzene rings is 2. The fraction of sp³-hybridized carbons (Fsp3) is 0.429. The van der Waals surface area contributed by atoms with Gasteiger partial charge in [0.2, 0.25) is 5.91 Å². The Balaban J connectivity index is 1.73. The highest BCUT2D eigenvalue weighted by Gasteiger charge is 2.27. The SMILES string of the molecule is COC(=O)[C@H](Cc1ccc2ccccc2c1)NC(=O)C1CCCCC1. The van der Waals surface area contributed by atoms with Crippen LogP contribution in [0.3, 0.4) is 0 Å². The fourth-order valence-corrected chi connectivity index (χ4v) is 3.59. The van der Waals surface area contributed by atoms with Gasteiger partial charge in [0, 0.05) is 12.3 Å². The van der Waals surface area contributed by atoms with Gasteiger partial charge in [-0.25, -0.2) is 4.79 Å². The second-order valence-electron chi connectivity index (χ2n) is 6.80. The second kappa shape index (κ2) is 8.15. The van der Waals surface area contributed by atoms with Crippen molar-refractivity contribution in [2.24, 2.45) is 5.92 Å². The summed E-state index contributed by atoms with van der Waals surface area (Å²) in [5, 5.41) is 5.21. The van der Waals surface area contributed by atoms with E-state index in [-0.39, 0.29) is 11.8 Å². The zero-order valence-electron chi connectivity index (χ0n) is 14.7. The molecular formula is C21H25NO3. The Bertz CT molecular complexity index is 750. The van der Waals surface area contributed by atoms with Crippen LogP contribution in [0.15, 0.2) is 42.5 Å². The van der Waals surface area contributed by atoms with Crippen molar-refractivity contribution < 1.29 is 14.3 Å². The lowest BCUT2D eigenvalue weighted by Crippen LogP contribution is -2.45. The van der Waals surface area contributed by atoms with Gasteiger partial charge in [-0.15, -0.1) is 0 Å². The third-order valence-electron chi connectivity index (χ3n) is 5.03. The molecule has 1 aliphatic carbocycles. The Hall–Kier alpha value is -2.36. The molecule has 0 aromatic heterocycles. The van der Waals surface area contributed by atoms with Gasteiger partial charge in [-0.1, -0.05) is 61.7 Å². The van der Waals surface area contributed by atoms with E-state index in [1.54, 1.807) is 0 Å². The first-order valence-electron chi connectivity index (χ1n) is 9.03. The Kier molecular flexibility index (Phi) is 5.69. The van der Waals surface area contributed by atoms with Crippen molar-refractivity contribution in [2.75, 3.05) is 7.11 Å². The molecule has 1 fully saturated rings. The van der Waals surface area contributed by atoms with Crippen molar-refractivity contribution in [3.63, 3.8) is 0 Å². The Labute approximate surface area is 148 Å². The number of carbonyl (C=O) groups is 2. The quantitative estimate of drug-likeness (QED) is 0.847. The van der Waals surface area contributed by atoms with Crippen molar-refractivity contribution >= 4 is 22.6 Å². The number of rotatable bonds is 5. The number of nitrogens with one attached hydrogen (secondary N) is 1. The zero-order valence-corrected chi connectivity index (χ0v) is 14.7. The number of esters is 1. The van der Waals surface area contributed by atoms with Crippen molar-refractivity contribution in [1.82, 2.24) is 5.32 Å². The molecule has 1 atom stereocenters. The highest BCUT2D eigenvalue weighted by Crippen LogP contribution is 2.24. The van der Waals surface area contributed by atoms with E-state index in [0.29, 0.717) is 6.42 Å². The van der Waals surface area contributed by atoms with Crippen LogP contribution in [0.25, 0.3) is 10.8 Å². The lowest BCUT2D eigenvalue weighted by Gasteiger charge is -2.24. The molecule has 4 heteroatoms. The van der Waals surface area contributed by atoms with Gasteiger partial charge >= 0.3 is 5.97 Å². The highest BCUT2D eigenvalue weighted by atomic mass is 16.5. The summed E-state index contributed by atoms with van der Waals surface area (Å²) in [5.74, 6) is -0.384. The summed E-state index contributed by atoms with van der Waals surface area (Å²) in [6.45, 7) is 0. The Morgan fingerprint density at radius 3 is 2.52 bits per heavy atom. The summed E-state index contributed by atoms with van der Waals surface area (Å²) in [5.41, 5.74) is 1.01. The van der Waals surface area contributed by atoms with E-state index in [1.165, 1.54) is 13.5 Å². The molecule has 25 heavy (non-hydrogen) atoms. The predicted molar refractivity (Wildman–Crippen MR) is 98.2 cm³/mol. The molecule has 1 saturated carbocycles. The van der Waals surface area contributed by atoms with Crippen LogP contribution in [-0.4, -0.2) is 25.0 Å². The van der Waals surface area contributed by atoms with Crippen LogP contribution in [0.2, 0.25) is 0 Å². The van der Waals surface area contributed by atoms with E-state index < -0.39 is 12.0 Å².